The van der Waals surface area contributed by atoms with Gasteiger partial charge in [-0.05, 0) is 12.8 Å². The Morgan fingerprint density at radius 3 is 2.89 bits per heavy atom. The number of carbonyl (C=O) groups excluding carboxylic acids is 2. The predicted molar refractivity (Wildman–Crippen MR) is 64.2 cm³/mol. The molecule has 0 aromatic heterocycles. The summed E-state index contributed by atoms with van der Waals surface area (Å²) in [6.45, 7) is 0.687. The van der Waals surface area contributed by atoms with E-state index in [0.29, 0.717) is 19.5 Å². The minimum Gasteiger partial charge on any atom is -0.469 e. The molecule has 1 aliphatic heterocycles. The number of hydrogen-bond acceptors (Lipinski definition) is 5. The Morgan fingerprint density at radius 1 is 1.50 bits per heavy atom. The summed E-state index contributed by atoms with van der Waals surface area (Å²) in [7, 11) is -2.22. The second-order valence-corrected chi connectivity index (χ2v) is 6.12. The van der Waals surface area contributed by atoms with Crippen LogP contribution < -0.4 is 5.32 Å². The number of nitrogens with one attached hydrogen (secondary N) is 1. The maximum atomic E-state index is 11.9. The molecular formula is C10H18N2O5S. The van der Waals surface area contributed by atoms with Crippen LogP contribution in [0.4, 0.5) is 0 Å². The fourth-order valence-corrected chi connectivity index (χ4v) is 3.13. The number of nitrogens with zero attached hydrogens (tertiary/aromatic N) is 1. The minimum absolute atomic E-state index is 0.0652. The Morgan fingerprint density at radius 2 is 2.22 bits per heavy atom. The highest BCUT2D eigenvalue weighted by Gasteiger charge is 2.25. The second kappa shape index (κ2) is 6.69. The lowest BCUT2D eigenvalue weighted by molar-refractivity contribution is -0.140. The molecule has 1 amide bonds. The van der Waals surface area contributed by atoms with Gasteiger partial charge in [0.25, 0.3) is 0 Å². The van der Waals surface area contributed by atoms with Crippen LogP contribution in [0.25, 0.3) is 0 Å². The van der Waals surface area contributed by atoms with E-state index in [2.05, 4.69) is 10.1 Å². The Hall–Kier alpha value is -1.15. The molecule has 0 radical (unpaired) electrons. The summed E-state index contributed by atoms with van der Waals surface area (Å²) in [5, 5.41) is 2.61. The van der Waals surface area contributed by atoms with E-state index in [0.717, 1.165) is 0 Å². The van der Waals surface area contributed by atoms with Crippen molar-refractivity contribution in [2.45, 2.75) is 19.3 Å². The van der Waals surface area contributed by atoms with Crippen molar-refractivity contribution in [3.05, 3.63) is 0 Å². The molecular weight excluding hydrogens is 260 g/mol. The van der Waals surface area contributed by atoms with Crippen molar-refractivity contribution in [3.63, 3.8) is 0 Å². The average molecular weight is 278 g/mol. The first kappa shape index (κ1) is 14.9. The van der Waals surface area contributed by atoms with Gasteiger partial charge in [0.2, 0.25) is 15.9 Å². The van der Waals surface area contributed by atoms with Gasteiger partial charge in [-0.25, -0.2) is 8.42 Å². The van der Waals surface area contributed by atoms with E-state index in [-0.39, 0.29) is 31.0 Å². The SMILES string of the molecule is COC(=O)CCCS(=O)(=O)N1CCCNC(=O)C1. The van der Waals surface area contributed by atoms with Gasteiger partial charge in [-0.15, -0.1) is 0 Å². The molecule has 104 valence electrons. The molecule has 0 aliphatic carbocycles. The third-order valence-electron chi connectivity index (χ3n) is 2.63. The second-order valence-electron chi connectivity index (χ2n) is 4.03. The highest BCUT2D eigenvalue weighted by atomic mass is 32.2. The smallest absolute Gasteiger partial charge is 0.305 e. The van der Waals surface area contributed by atoms with Gasteiger partial charge in [0.15, 0.2) is 0 Å². The van der Waals surface area contributed by atoms with Crippen molar-refractivity contribution in [1.29, 1.82) is 0 Å². The van der Waals surface area contributed by atoms with Crippen LogP contribution >= 0.6 is 0 Å². The van der Waals surface area contributed by atoms with E-state index < -0.39 is 16.0 Å². The lowest BCUT2D eigenvalue weighted by atomic mass is 10.3. The molecule has 1 aliphatic rings. The van der Waals surface area contributed by atoms with Crippen molar-refractivity contribution in [2.75, 3.05) is 32.5 Å². The summed E-state index contributed by atoms with van der Waals surface area (Å²) in [5.41, 5.74) is 0. The van der Waals surface area contributed by atoms with Gasteiger partial charge in [-0.1, -0.05) is 0 Å². The molecule has 1 heterocycles. The molecule has 0 bridgehead atoms. The molecule has 1 rings (SSSR count). The predicted octanol–water partition coefficient (Wildman–Crippen LogP) is -0.909. The maximum absolute atomic E-state index is 11.9. The topological polar surface area (TPSA) is 92.8 Å². The zero-order chi connectivity index (χ0) is 13.6. The summed E-state index contributed by atoms with van der Waals surface area (Å²) in [4.78, 5) is 22.2. The van der Waals surface area contributed by atoms with Gasteiger partial charge in [-0.2, -0.15) is 4.31 Å². The normalized spacial score (nSPS) is 17.9. The Kier molecular flexibility index (Phi) is 5.54. The highest BCUT2D eigenvalue weighted by Crippen LogP contribution is 2.08. The molecule has 18 heavy (non-hydrogen) atoms. The molecule has 7 nitrogen and oxygen atoms in total. The van der Waals surface area contributed by atoms with E-state index in [9.17, 15) is 18.0 Å². The van der Waals surface area contributed by atoms with Crippen LogP contribution in [0.15, 0.2) is 0 Å². The number of esters is 1. The largest absolute Gasteiger partial charge is 0.469 e. The monoisotopic (exact) mass is 278 g/mol. The van der Waals surface area contributed by atoms with Gasteiger partial charge in [0.05, 0.1) is 19.4 Å². The van der Waals surface area contributed by atoms with Crippen LogP contribution in [0.2, 0.25) is 0 Å². The number of hydrogen-bond donors (Lipinski definition) is 1. The molecule has 0 saturated carbocycles. The van der Waals surface area contributed by atoms with Gasteiger partial charge >= 0.3 is 5.97 Å². The standard InChI is InChI=1S/C10H18N2O5S/c1-17-10(14)4-2-7-18(15,16)12-6-3-5-11-9(13)8-12/h2-8H2,1H3,(H,11,13). The molecule has 0 atom stereocenters. The summed E-state index contributed by atoms with van der Waals surface area (Å²) < 4.78 is 29.5. The molecule has 0 aromatic rings. The molecule has 1 fully saturated rings. The van der Waals surface area contributed by atoms with Crippen LogP contribution in [-0.2, 0) is 24.3 Å². The van der Waals surface area contributed by atoms with E-state index >= 15 is 0 Å². The number of ether oxygens (including phenoxy) is 1. The molecule has 1 saturated heterocycles. The molecule has 1 N–H and O–H groups in total. The average Bonchev–Trinajstić information content (AvgIpc) is 2.54. The first-order chi connectivity index (χ1) is 8.45. The maximum Gasteiger partial charge on any atom is 0.305 e. The van der Waals surface area contributed by atoms with Crippen molar-refractivity contribution >= 4 is 21.9 Å². The first-order valence-electron chi connectivity index (χ1n) is 5.77. The van der Waals surface area contributed by atoms with E-state index in [1.54, 1.807) is 0 Å². The molecule has 0 unspecified atom stereocenters. The third-order valence-corrected chi connectivity index (χ3v) is 4.53. The Labute approximate surface area is 107 Å². The highest BCUT2D eigenvalue weighted by molar-refractivity contribution is 7.89. The van der Waals surface area contributed by atoms with Crippen molar-refractivity contribution in [2.24, 2.45) is 0 Å². The summed E-state index contributed by atoms with van der Waals surface area (Å²) in [5.74, 6) is -0.863. The van der Waals surface area contributed by atoms with Crippen LogP contribution in [0.5, 0.6) is 0 Å². The Bertz CT molecular complexity index is 406. The van der Waals surface area contributed by atoms with Crippen LogP contribution in [-0.4, -0.2) is 57.1 Å². The lowest BCUT2D eigenvalue weighted by Crippen LogP contribution is -2.38. The van der Waals surface area contributed by atoms with Gasteiger partial charge in [-0.3, -0.25) is 9.59 Å². The minimum atomic E-state index is -3.48. The van der Waals surface area contributed by atoms with Crippen molar-refractivity contribution in [3.8, 4) is 0 Å². The zero-order valence-electron chi connectivity index (χ0n) is 10.3. The van der Waals surface area contributed by atoms with E-state index in [1.807, 2.05) is 0 Å². The molecule has 8 heteroatoms. The van der Waals surface area contributed by atoms with Crippen LogP contribution in [0.3, 0.4) is 0 Å². The number of carbonyl (C=O) groups is 2. The first-order valence-corrected chi connectivity index (χ1v) is 7.38. The number of sulfonamides is 1. The van der Waals surface area contributed by atoms with Gasteiger partial charge < -0.3 is 10.1 Å². The molecule has 0 spiro atoms. The van der Waals surface area contributed by atoms with Crippen molar-refractivity contribution in [1.82, 2.24) is 9.62 Å². The van der Waals surface area contributed by atoms with Crippen molar-refractivity contribution < 1.29 is 22.7 Å². The summed E-state index contributed by atoms with van der Waals surface area (Å²) >= 11 is 0. The fraction of sp³-hybridized carbons (Fsp3) is 0.800. The van der Waals surface area contributed by atoms with E-state index in [1.165, 1.54) is 11.4 Å². The quantitative estimate of drug-likeness (QED) is 0.657. The third kappa shape index (κ3) is 4.61. The summed E-state index contributed by atoms with van der Waals surface area (Å²) in [6, 6.07) is 0. The number of methoxy groups -OCH3 is 1. The van der Waals surface area contributed by atoms with Crippen LogP contribution in [0, 0.1) is 0 Å². The number of rotatable bonds is 5. The fourth-order valence-electron chi connectivity index (χ4n) is 1.65. The number of amides is 1. The van der Waals surface area contributed by atoms with Gasteiger partial charge in [0, 0.05) is 19.5 Å². The van der Waals surface area contributed by atoms with Crippen LogP contribution in [0.1, 0.15) is 19.3 Å². The zero-order valence-corrected chi connectivity index (χ0v) is 11.2. The summed E-state index contributed by atoms with van der Waals surface area (Å²) in [6.07, 6.45) is 0.866. The van der Waals surface area contributed by atoms with Gasteiger partial charge in [0.1, 0.15) is 0 Å². The Balaban J connectivity index is 2.51. The molecule has 0 aromatic carbocycles. The lowest BCUT2D eigenvalue weighted by Gasteiger charge is -2.18. The van der Waals surface area contributed by atoms with E-state index in [4.69, 9.17) is 0 Å².